The molecule has 0 aromatic heterocycles. The molecule has 3 unspecified atom stereocenters. The van der Waals surface area contributed by atoms with Crippen molar-refractivity contribution in [2.24, 2.45) is 17.8 Å². The number of hydrogen-bond acceptors (Lipinski definition) is 15. The van der Waals surface area contributed by atoms with Crippen LogP contribution in [-0.2, 0) is 65.4 Å². The number of carbonyl (C=O) groups excluding carboxylic acids is 4. The highest BCUT2D eigenvalue weighted by Gasteiger charge is 2.30. The molecule has 3 N–H and O–H groups in total. The summed E-state index contributed by atoms with van der Waals surface area (Å²) < 4.78 is 68.6. The fraction of sp³-hybridized carbons (Fsp3) is 0.948. The monoisotopic (exact) mass is 1410 g/mol. The number of phosphoric ester groups is 2. The van der Waals surface area contributed by atoms with Gasteiger partial charge in [-0.05, 0) is 43.4 Å². The van der Waals surface area contributed by atoms with E-state index in [1.54, 1.807) is 0 Å². The predicted octanol–water partition coefficient (Wildman–Crippen LogP) is 22.6. The Hall–Kier alpha value is -1.94. The van der Waals surface area contributed by atoms with Crippen LogP contribution in [0.4, 0.5) is 0 Å². The Kier molecular flexibility index (Phi) is 66.2. The highest BCUT2D eigenvalue weighted by molar-refractivity contribution is 7.47. The molecule has 0 bridgehead atoms. The molecule has 0 saturated carbocycles. The van der Waals surface area contributed by atoms with E-state index >= 15 is 0 Å². The smallest absolute Gasteiger partial charge is 0.462 e. The second-order valence-electron chi connectivity index (χ2n) is 28.9. The van der Waals surface area contributed by atoms with Gasteiger partial charge in [-0.15, -0.1) is 0 Å². The Morgan fingerprint density at radius 1 is 0.302 bits per heavy atom. The number of aliphatic hydroxyl groups excluding tert-OH is 1. The van der Waals surface area contributed by atoms with Crippen LogP contribution in [0.3, 0.4) is 0 Å². The van der Waals surface area contributed by atoms with Gasteiger partial charge >= 0.3 is 39.5 Å². The highest BCUT2D eigenvalue weighted by Crippen LogP contribution is 2.45. The standard InChI is InChI=1S/C77H150O17P2/c1-8-10-11-12-13-14-15-16-17-18-19-20-21-26-32-37-46-53-60-76(81)93-72(64-87-74(79)58-51-44-36-31-27-22-24-29-34-41-48-55-68(3)4)66-91-95(83,84)89-62-71(78)63-90-96(85,86)92-67-73(65-88-75(80)59-52-45-40-39-43-50-57-70(7)9-2)94-77(82)61-54-47-38-33-28-23-25-30-35-42-49-56-69(5)6/h68-73,78H,8-67H2,1-7H3,(H,83,84)(H,85,86)/t70?,71-,72-,73-/m1/s1. The van der Waals surface area contributed by atoms with Gasteiger partial charge in [-0.3, -0.25) is 37.3 Å². The maximum atomic E-state index is 13.1. The molecule has 0 fully saturated rings. The number of aliphatic hydroxyl groups is 1. The molecule has 0 radical (unpaired) electrons. The molecule has 0 saturated heterocycles. The Bertz CT molecular complexity index is 1870. The van der Waals surface area contributed by atoms with Crippen molar-refractivity contribution in [2.75, 3.05) is 39.6 Å². The van der Waals surface area contributed by atoms with Crippen molar-refractivity contribution in [2.45, 2.75) is 414 Å². The summed E-state index contributed by atoms with van der Waals surface area (Å²) in [7, 11) is -9.91. The zero-order valence-electron chi connectivity index (χ0n) is 62.8. The SMILES string of the molecule is CCCCCCCCCCCCCCCCCCCCC(=O)O[C@H](COC(=O)CCCCCCCCCCCCCC(C)C)COP(=O)(O)OC[C@@H](O)COP(=O)(O)OC[C@@H](COC(=O)CCCCCCCCC(C)CC)OC(=O)CCCCCCCCCCCCCC(C)C. The average molecular weight is 1410 g/mol. The molecule has 0 aromatic rings. The maximum absolute atomic E-state index is 13.1. The van der Waals surface area contributed by atoms with E-state index in [1.807, 2.05) is 0 Å². The minimum atomic E-state index is -4.96. The number of unbranched alkanes of at least 4 members (excludes halogenated alkanes) is 42. The minimum absolute atomic E-state index is 0.105. The molecule has 0 aromatic carbocycles. The fourth-order valence-corrected chi connectivity index (χ4v) is 13.3. The number of rotatable bonds is 75. The normalized spacial score (nSPS) is 14.3. The predicted molar refractivity (Wildman–Crippen MR) is 391 cm³/mol. The lowest BCUT2D eigenvalue weighted by Gasteiger charge is -2.21. The van der Waals surface area contributed by atoms with Gasteiger partial charge in [-0.25, -0.2) is 9.13 Å². The zero-order valence-corrected chi connectivity index (χ0v) is 64.6. The Morgan fingerprint density at radius 2 is 0.531 bits per heavy atom. The van der Waals surface area contributed by atoms with Gasteiger partial charge in [-0.1, -0.05) is 344 Å². The molecule has 17 nitrogen and oxygen atoms in total. The van der Waals surface area contributed by atoms with Crippen molar-refractivity contribution in [1.82, 2.24) is 0 Å². The van der Waals surface area contributed by atoms with E-state index in [1.165, 1.54) is 199 Å². The lowest BCUT2D eigenvalue weighted by atomic mass is 10.00. The van der Waals surface area contributed by atoms with Gasteiger partial charge < -0.3 is 33.8 Å². The first-order valence-electron chi connectivity index (χ1n) is 39.9. The van der Waals surface area contributed by atoms with Gasteiger partial charge in [0.15, 0.2) is 12.2 Å². The van der Waals surface area contributed by atoms with Crippen LogP contribution in [-0.4, -0.2) is 96.7 Å². The van der Waals surface area contributed by atoms with E-state index in [0.29, 0.717) is 25.7 Å². The summed E-state index contributed by atoms with van der Waals surface area (Å²) in [5.41, 5.74) is 0. The quantitative estimate of drug-likeness (QED) is 0.0222. The van der Waals surface area contributed by atoms with E-state index in [0.717, 1.165) is 114 Å². The number of ether oxygens (including phenoxy) is 4. The molecular formula is C77H150O17P2. The van der Waals surface area contributed by atoms with E-state index in [-0.39, 0.29) is 25.7 Å². The number of hydrogen-bond donors (Lipinski definition) is 3. The fourth-order valence-electron chi connectivity index (χ4n) is 11.7. The summed E-state index contributed by atoms with van der Waals surface area (Å²) in [6.07, 6.45) is 54.1. The summed E-state index contributed by atoms with van der Waals surface area (Å²) >= 11 is 0. The molecule has 0 aliphatic rings. The summed E-state index contributed by atoms with van der Waals surface area (Å²) in [5, 5.41) is 10.6. The highest BCUT2D eigenvalue weighted by atomic mass is 31.2. The molecule has 0 amide bonds. The lowest BCUT2D eigenvalue weighted by molar-refractivity contribution is -0.161. The topological polar surface area (TPSA) is 237 Å². The third kappa shape index (κ3) is 69.2. The first kappa shape index (κ1) is 94.1. The van der Waals surface area contributed by atoms with Crippen LogP contribution in [0.25, 0.3) is 0 Å². The van der Waals surface area contributed by atoms with E-state index in [4.69, 9.17) is 37.0 Å². The van der Waals surface area contributed by atoms with Crippen LogP contribution in [0.2, 0.25) is 0 Å². The first-order chi connectivity index (χ1) is 46.3. The van der Waals surface area contributed by atoms with Crippen LogP contribution in [0, 0.1) is 17.8 Å². The van der Waals surface area contributed by atoms with Gasteiger partial charge in [-0.2, -0.15) is 0 Å². The third-order valence-electron chi connectivity index (χ3n) is 18.2. The summed E-state index contributed by atoms with van der Waals surface area (Å²) in [4.78, 5) is 72.9. The third-order valence-corrected chi connectivity index (χ3v) is 20.1. The van der Waals surface area contributed by atoms with Gasteiger partial charge in [0.1, 0.15) is 19.3 Å². The second-order valence-corrected chi connectivity index (χ2v) is 31.8. The van der Waals surface area contributed by atoms with Gasteiger partial charge in [0.2, 0.25) is 0 Å². The van der Waals surface area contributed by atoms with Crippen LogP contribution in [0.5, 0.6) is 0 Å². The Morgan fingerprint density at radius 3 is 0.792 bits per heavy atom. The van der Waals surface area contributed by atoms with Crippen LogP contribution < -0.4 is 0 Å². The summed E-state index contributed by atoms with van der Waals surface area (Å²) in [6, 6.07) is 0. The molecule has 570 valence electrons. The first-order valence-corrected chi connectivity index (χ1v) is 42.9. The largest absolute Gasteiger partial charge is 0.472 e. The molecule has 6 atom stereocenters. The van der Waals surface area contributed by atoms with Crippen molar-refractivity contribution in [1.29, 1.82) is 0 Å². The van der Waals surface area contributed by atoms with Crippen molar-refractivity contribution in [3.05, 3.63) is 0 Å². The lowest BCUT2D eigenvalue weighted by Crippen LogP contribution is -2.30. The number of carbonyl (C=O) groups is 4. The van der Waals surface area contributed by atoms with Gasteiger partial charge in [0, 0.05) is 25.7 Å². The van der Waals surface area contributed by atoms with E-state index in [2.05, 4.69) is 48.5 Å². The Labute approximate surface area is 588 Å². The van der Waals surface area contributed by atoms with E-state index in [9.17, 15) is 43.2 Å². The molecule has 0 aliphatic carbocycles. The zero-order chi connectivity index (χ0) is 70.9. The number of esters is 4. The van der Waals surface area contributed by atoms with Crippen molar-refractivity contribution in [3.63, 3.8) is 0 Å². The molecule has 19 heteroatoms. The Balaban J connectivity index is 5.25. The van der Waals surface area contributed by atoms with Crippen molar-refractivity contribution < 1.29 is 80.2 Å². The van der Waals surface area contributed by atoms with Crippen LogP contribution in [0.1, 0.15) is 395 Å². The van der Waals surface area contributed by atoms with Crippen molar-refractivity contribution in [3.8, 4) is 0 Å². The second kappa shape index (κ2) is 67.5. The summed E-state index contributed by atoms with van der Waals surface area (Å²) in [6.45, 7) is 11.9. The molecule has 96 heavy (non-hydrogen) atoms. The summed E-state index contributed by atoms with van der Waals surface area (Å²) in [5.74, 6) is 0.150. The van der Waals surface area contributed by atoms with Crippen molar-refractivity contribution >= 4 is 39.5 Å². The van der Waals surface area contributed by atoms with Gasteiger partial charge in [0.05, 0.1) is 26.4 Å². The molecule has 0 aliphatic heterocycles. The van der Waals surface area contributed by atoms with Gasteiger partial charge in [0.25, 0.3) is 0 Å². The van der Waals surface area contributed by atoms with E-state index < -0.39 is 97.5 Å². The molecular weight excluding hydrogens is 1260 g/mol. The molecule has 0 rings (SSSR count). The molecule has 0 heterocycles. The molecule has 0 spiro atoms. The number of phosphoric acid groups is 2. The van der Waals surface area contributed by atoms with Crippen LogP contribution >= 0.6 is 15.6 Å². The minimum Gasteiger partial charge on any atom is -0.462 e. The average Bonchev–Trinajstić information content (AvgIpc) is 3.74. The maximum Gasteiger partial charge on any atom is 0.472 e. The van der Waals surface area contributed by atoms with Crippen LogP contribution in [0.15, 0.2) is 0 Å².